The fourth-order valence-electron chi connectivity index (χ4n) is 4.65. The molecule has 2 amide bonds. The van der Waals surface area contributed by atoms with Crippen molar-refractivity contribution in [3.05, 3.63) is 94.0 Å². The summed E-state index contributed by atoms with van der Waals surface area (Å²) in [5, 5.41) is 11.1. The maximum atomic E-state index is 12.7. The van der Waals surface area contributed by atoms with Crippen LogP contribution in [-0.4, -0.2) is 28.7 Å². The Kier molecular flexibility index (Phi) is 6.40. The second kappa shape index (κ2) is 9.81. The van der Waals surface area contributed by atoms with Gasteiger partial charge in [-0.05, 0) is 49.6 Å². The Morgan fingerprint density at radius 1 is 1.05 bits per heavy atom. The summed E-state index contributed by atoms with van der Waals surface area (Å²) in [5.74, 6) is 0.389. The van der Waals surface area contributed by atoms with E-state index >= 15 is 0 Å². The summed E-state index contributed by atoms with van der Waals surface area (Å²) in [6, 6.07) is 19.3. The summed E-state index contributed by atoms with van der Waals surface area (Å²) in [4.78, 5) is 25.3. The van der Waals surface area contributed by atoms with Crippen molar-refractivity contribution in [2.45, 2.75) is 33.4 Å². The van der Waals surface area contributed by atoms with Crippen molar-refractivity contribution < 1.29 is 14.3 Å². The van der Waals surface area contributed by atoms with Crippen molar-refractivity contribution in [3.8, 4) is 17.0 Å². The zero-order valence-corrected chi connectivity index (χ0v) is 21.1. The lowest BCUT2D eigenvalue weighted by atomic mass is 10.0. The number of carbonyl (C=O) groups excluding carboxylic acids is 2. The molecule has 3 aromatic carbocycles. The molecule has 37 heavy (non-hydrogen) atoms. The molecule has 2 heterocycles. The Balaban J connectivity index is 1.37. The van der Waals surface area contributed by atoms with E-state index in [0.717, 1.165) is 28.8 Å². The highest BCUT2D eigenvalue weighted by Crippen LogP contribution is 2.34. The van der Waals surface area contributed by atoms with E-state index in [2.05, 4.69) is 23.6 Å². The number of rotatable bonds is 6. The number of hydrogen-bond donors (Lipinski definition) is 3. The van der Waals surface area contributed by atoms with Crippen molar-refractivity contribution in [1.82, 2.24) is 15.1 Å². The molecule has 0 atom stereocenters. The standard InChI is InChI=1S/C29H29N5O3/c1-17-4-10-23-21(14-17)12-13-34-28(32-23)25(27(30)35)26(33-34)20-8-6-19(7-9-20)16-31-29(36)22-15-18(2)5-11-24(22)37-3/h4-11,14-15,32H,12-13,16H2,1-3H3,(H2,30,35)(H,31,36). The van der Waals surface area contributed by atoms with Crippen LogP contribution in [0.2, 0.25) is 0 Å². The first-order valence-electron chi connectivity index (χ1n) is 12.1. The van der Waals surface area contributed by atoms with Crippen LogP contribution in [-0.2, 0) is 19.5 Å². The zero-order chi connectivity index (χ0) is 26.1. The number of ether oxygens (including phenoxy) is 1. The summed E-state index contributed by atoms with van der Waals surface area (Å²) in [6.07, 6.45) is 0.792. The molecule has 188 valence electrons. The van der Waals surface area contributed by atoms with Crippen LogP contribution in [0.1, 0.15) is 43.0 Å². The molecule has 0 fully saturated rings. The lowest BCUT2D eigenvalue weighted by molar-refractivity contribution is 0.0946. The number of aryl methyl sites for hydroxylation is 4. The number of carbonyl (C=O) groups is 2. The van der Waals surface area contributed by atoms with E-state index in [1.54, 1.807) is 19.2 Å². The number of aromatic nitrogens is 2. The summed E-state index contributed by atoms with van der Waals surface area (Å²) in [6.45, 7) is 4.97. The van der Waals surface area contributed by atoms with E-state index in [9.17, 15) is 9.59 Å². The van der Waals surface area contributed by atoms with Crippen LogP contribution in [0, 0.1) is 13.8 Å². The molecule has 0 radical (unpaired) electrons. The summed E-state index contributed by atoms with van der Waals surface area (Å²) < 4.78 is 7.14. The Morgan fingerprint density at radius 3 is 2.51 bits per heavy atom. The summed E-state index contributed by atoms with van der Waals surface area (Å²) in [5.41, 5.74) is 13.2. The van der Waals surface area contributed by atoms with E-state index in [-0.39, 0.29) is 5.91 Å². The highest BCUT2D eigenvalue weighted by molar-refractivity contribution is 6.04. The predicted octanol–water partition coefficient (Wildman–Crippen LogP) is 4.50. The first-order valence-corrected chi connectivity index (χ1v) is 12.1. The average Bonchev–Trinajstić information content (AvgIpc) is 3.16. The third-order valence-corrected chi connectivity index (χ3v) is 6.59. The number of nitrogens with one attached hydrogen (secondary N) is 2. The van der Waals surface area contributed by atoms with Gasteiger partial charge in [-0.25, -0.2) is 4.68 Å². The van der Waals surface area contributed by atoms with Crippen molar-refractivity contribution >= 4 is 23.3 Å². The van der Waals surface area contributed by atoms with Gasteiger partial charge in [0.1, 0.15) is 22.8 Å². The highest BCUT2D eigenvalue weighted by Gasteiger charge is 2.26. The maximum Gasteiger partial charge on any atom is 0.255 e. The second-order valence-electron chi connectivity index (χ2n) is 9.28. The highest BCUT2D eigenvalue weighted by atomic mass is 16.5. The molecule has 0 spiro atoms. The largest absolute Gasteiger partial charge is 0.496 e. The molecule has 8 nitrogen and oxygen atoms in total. The minimum Gasteiger partial charge on any atom is -0.496 e. The zero-order valence-electron chi connectivity index (χ0n) is 21.1. The monoisotopic (exact) mass is 495 g/mol. The van der Waals surface area contributed by atoms with Gasteiger partial charge in [-0.3, -0.25) is 9.59 Å². The van der Waals surface area contributed by atoms with Crippen molar-refractivity contribution in [2.24, 2.45) is 5.73 Å². The first kappa shape index (κ1) is 24.1. The van der Waals surface area contributed by atoms with Gasteiger partial charge in [0.05, 0.1) is 12.7 Å². The number of amides is 2. The van der Waals surface area contributed by atoms with Crippen LogP contribution in [0.25, 0.3) is 11.3 Å². The Bertz CT molecular complexity index is 1500. The average molecular weight is 496 g/mol. The number of fused-ring (bicyclic) bond motifs is 2. The van der Waals surface area contributed by atoms with Crippen LogP contribution < -0.4 is 21.1 Å². The van der Waals surface area contributed by atoms with Gasteiger partial charge >= 0.3 is 0 Å². The van der Waals surface area contributed by atoms with Gasteiger partial charge < -0.3 is 21.1 Å². The molecule has 4 aromatic rings. The van der Waals surface area contributed by atoms with Crippen LogP contribution in [0.3, 0.4) is 0 Å². The molecule has 5 rings (SSSR count). The van der Waals surface area contributed by atoms with Gasteiger partial charge in [-0.1, -0.05) is 53.6 Å². The van der Waals surface area contributed by atoms with Crippen molar-refractivity contribution in [3.63, 3.8) is 0 Å². The van der Waals surface area contributed by atoms with Gasteiger partial charge in [0.2, 0.25) is 0 Å². The van der Waals surface area contributed by atoms with Crippen molar-refractivity contribution in [2.75, 3.05) is 12.4 Å². The molecule has 0 aliphatic carbocycles. The molecule has 1 aliphatic rings. The van der Waals surface area contributed by atoms with Crippen LogP contribution in [0.5, 0.6) is 5.75 Å². The minimum atomic E-state index is -0.539. The van der Waals surface area contributed by atoms with Crippen LogP contribution in [0.4, 0.5) is 11.5 Å². The number of benzene rings is 3. The Labute approximate surface area is 215 Å². The Morgan fingerprint density at radius 2 is 1.78 bits per heavy atom. The SMILES string of the molecule is COc1ccc(C)cc1C(=O)NCc1ccc(-c2nn3c(c2C(N)=O)Nc2ccc(C)cc2CC3)cc1. The van der Waals surface area contributed by atoms with E-state index < -0.39 is 5.91 Å². The molecule has 4 N–H and O–H groups in total. The fraction of sp³-hybridized carbons (Fsp3) is 0.207. The van der Waals surface area contributed by atoms with Gasteiger partial charge in [0, 0.05) is 24.3 Å². The molecule has 1 aliphatic heterocycles. The van der Waals surface area contributed by atoms with Gasteiger partial charge in [0.15, 0.2) is 0 Å². The van der Waals surface area contributed by atoms with E-state index in [1.807, 2.05) is 54.1 Å². The molecule has 0 bridgehead atoms. The van der Waals surface area contributed by atoms with E-state index in [1.165, 1.54) is 11.1 Å². The minimum absolute atomic E-state index is 0.208. The Hall–Kier alpha value is -4.59. The van der Waals surface area contributed by atoms with E-state index in [0.29, 0.717) is 41.5 Å². The lowest BCUT2D eigenvalue weighted by Gasteiger charge is -2.11. The molecule has 0 unspecified atom stereocenters. The molecule has 0 saturated carbocycles. The molecular formula is C29H29N5O3. The second-order valence-corrected chi connectivity index (χ2v) is 9.28. The van der Waals surface area contributed by atoms with Gasteiger partial charge in [-0.2, -0.15) is 5.10 Å². The third kappa shape index (κ3) is 4.78. The maximum absolute atomic E-state index is 12.7. The number of primary amides is 1. The lowest BCUT2D eigenvalue weighted by Crippen LogP contribution is -2.23. The normalized spacial score (nSPS) is 12.1. The number of anilines is 2. The van der Waals surface area contributed by atoms with Crippen molar-refractivity contribution in [1.29, 1.82) is 0 Å². The van der Waals surface area contributed by atoms with Gasteiger partial charge in [-0.15, -0.1) is 0 Å². The topological polar surface area (TPSA) is 111 Å². The van der Waals surface area contributed by atoms with E-state index in [4.69, 9.17) is 15.6 Å². The van der Waals surface area contributed by atoms with Crippen LogP contribution in [0.15, 0.2) is 60.7 Å². The summed E-state index contributed by atoms with van der Waals surface area (Å²) >= 11 is 0. The number of nitrogens with two attached hydrogens (primary N) is 1. The van der Waals surface area contributed by atoms with Crippen LogP contribution >= 0.6 is 0 Å². The number of hydrogen-bond acceptors (Lipinski definition) is 5. The number of methoxy groups -OCH3 is 1. The molecular weight excluding hydrogens is 466 g/mol. The number of nitrogens with zero attached hydrogens (tertiary/aromatic N) is 2. The summed E-state index contributed by atoms with van der Waals surface area (Å²) in [7, 11) is 1.55. The predicted molar refractivity (Wildman–Crippen MR) is 143 cm³/mol. The molecule has 0 saturated heterocycles. The smallest absolute Gasteiger partial charge is 0.255 e. The molecule has 8 heteroatoms. The first-order chi connectivity index (χ1) is 17.8. The van der Waals surface area contributed by atoms with Gasteiger partial charge in [0.25, 0.3) is 11.8 Å². The fourth-order valence-corrected chi connectivity index (χ4v) is 4.65. The third-order valence-electron chi connectivity index (χ3n) is 6.59. The molecule has 1 aromatic heterocycles. The quantitative estimate of drug-likeness (QED) is 0.365.